The van der Waals surface area contributed by atoms with Crippen molar-refractivity contribution in [2.45, 2.75) is 25.0 Å². The predicted octanol–water partition coefficient (Wildman–Crippen LogP) is 4.26. The van der Waals surface area contributed by atoms with E-state index in [1.807, 2.05) is 34.9 Å². The van der Waals surface area contributed by atoms with Crippen molar-refractivity contribution in [3.8, 4) is 11.5 Å². The molecule has 1 aliphatic rings. The second-order valence-corrected chi connectivity index (χ2v) is 8.06. The third kappa shape index (κ3) is 4.78. The van der Waals surface area contributed by atoms with Gasteiger partial charge in [0.1, 0.15) is 0 Å². The zero-order valence-corrected chi connectivity index (χ0v) is 17.1. The largest absolute Gasteiger partial charge is 0.493 e. The first kappa shape index (κ1) is 19.6. The van der Waals surface area contributed by atoms with E-state index in [1.165, 1.54) is 11.1 Å². The molecule has 2 aromatic carbocycles. The molecule has 0 spiro atoms. The van der Waals surface area contributed by atoms with Gasteiger partial charge in [-0.3, -0.25) is 4.79 Å². The Morgan fingerprint density at radius 1 is 1.11 bits per heavy atom. The number of nitrogens with zero attached hydrogens (tertiary/aromatic N) is 1. The standard InChI is InChI=1S/C22H27NO3S/c1-16-6-4-5-7-18(16)21-10-11-23(12-13-27-21)22(24)15-17-8-9-19(25-2)20(14-17)26-3/h4-9,14,21H,10-13,15H2,1-3H3/t21-/m1/s1. The number of benzene rings is 2. The summed E-state index contributed by atoms with van der Waals surface area (Å²) in [5.41, 5.74) is 3.68. The van der Waals surface area contributed by atoms with Gasteiger partial charge >= 0.3 is 0 Å². The van der Waals surface area contributed by atoms with Crippen LogP contribution in [-0.2, 0) is 11.2 Å². The predicted molar refractivity (Wildman–Crippen MR) is 111 cm³/mol. The molecule has 0 bridgehead atoms. The van der Waals surface area contributed by atoms with Gasteiger partial charge < -0.3 is 14.4 Å². The van der Waals surface area contributed by atoms with E-state index in [-0.39, 0.29) is 5.91 Å². The number of aryl methyl sites for hydroxylation is 1. The topological polar surface area (TPSA) is 38.8 Å². The van der Waals surface area contributed by atoms with Gasteiger partial charge in [0.05, 0.1) is 20.6 Å². The molecular formula is C22H27NO3S. The average molecular weight is 386 g/mol. The summed E-state index contributed by atoms with van der Waals surface area (Å²) in [7, 11) is 3.23. The van der Waals surface area contributed by atoms with Crippen molar-refractivity contribution < 1.29 is 14.3 Å². The van der Waals surface area contributed by atoms with Crippen molar-refractivity contribution in [1.29, 1.82) is 0 Å². The third-order valence-corrected chi connectivity index (χ3v) is 6.34. The van der Waals surface area contributed by atoms with E-state index >= 15 is 0 Å². The molecule has 4 nitrogen and oxygen atoms in total. The number of ether oxygens (including phenoxy) is 2. The second-order valence-electron chi connectivity index (χ2n) is 6.75. The highest BCUT2D eigenvalue weighted by Crippen LogP contribution is 2.36. The molecule has 1 heterocycles. The number of carbonyl (C=O) groups excluding carboxylic acids is 1. The van der Waals surface area contributed by atoms with Crippen molar-refractivity contribution in [3.05, 3.63) is 59.2 Å². The van der Waals surface area contributed by atoms with E-state index in [1.54, 1.807) is 14.2 Å². The molecule has 1 aliphatic heterocycles. The number of amides is 1. The summed E-state index contributed by atoms with van der Waals surface area (Å²) in [5.74, 6) is 2.49. The van der Waals surface area contributed by atoms with Gasteiger partial charge in [-0.25, -0.2) is 0 Å². The lowest BCUT2D eigenvalue weighted by atomic mass is 10.0. The first-order chi connectivity index (χ1) is 13.1. The van der Waals surface area contributed by atoms with Crippen LogP contribution in [0.3, 0.4) is 0 Å². The molecule has 1 atom stereocenters. The molecule has 1 fully saturated rings. The molecule has 27 heavy (non-hydrogen) atoms. The fourth-order valence-electron chi connectivity index (χ4n) is 3.49. The Kier molecular flexibility index (Phi) is 6.67. The molecule has 0 N–H and O–H groups in total. The van der Waals surface area contributed by atoms with Crippen LogP contribution in [0, 0.1) is 6.92 Å². The maximum absolute atomic E-state index is 12.8. The number of methoxy groups -OCH3 is 2. The molecule has 0 radical (unpaired) electrons. The normalized spacial score (nSPS) is 17.3. The fraction of sp³-hybridized carbons (Fsp3) is 0.409. The van der Waals surface area contributed by atoms with Crippen LogP contribution in [0.4, 0.5) is 0 Å². The van der Waals surface area contributed by atoms with Crippen molar-refractivity contribution in [2.24, 2.45) is 0 Å². The SMILES string of the molecule is COc1ccc(CC(=O)N2CCS[C@@H](c3ccccc3C)CC2)cc1OC. The fourth-order valence-corrected chi connectivity index (χ4v) is 4.82. The molecule has 0 saturated carbocycles. The molecule has 1 saturated heterocycles. The Morgan fingerprint density at radius 3 is 2.63 bits per heavy atom. The molecular weight excluding hydrogens is 358 g/mol. The van der Waals surface area contributed by atoms with Gasteiger partial charge in [0.2, 0.25) is 5.91 Å². The quantitative estimate of drug-likeness (QED) is 0.771. The van der Waals surface area contributed by atoms with Gasteiger partial charge in [-0.2, -0.15) is 11.8 Å². The van der Waals surface area contributed by atoms with Gasteiger partial charge in [0, 0.05) is 24.1 Å². The van der Waals surface area contributed by atoms with Gasteiger partial charge in [-0.15, -0.1) is 0 Å². The smallest absolute Gasteiger partial charge is 0.227 e. The number of carbonyl (C=O) groups is 1. The highest BCUT2D eigenvalue weighted by molar-refractivity contribution is 7.99. The van der Waals surface area contributed by atoms with E-state index < -0.39 is 0 Å². The minimum atomic E-state index is 0.174. The summed E-state index contributed by atoms with van der Waals surface area (Å²) in [4.78, 5) is 14.8. The van der Waals surface area contributed by atoms with E-state index in [4.69, 9.17) is 9.47 Å². The Balaban J connectivity index is 1.64. The van der Waals surface area contributed by atoms with Crippen LogP contribution in [0.5, 0.6) is 11.5 Å². The summed E-state index contributed by atoms with van der Waals surface area (Å²) in [6, 6.07) is 14.2. The molecule has 5 heteroatoms. The summed E-state index contributed by atoms with van der Waals surface area (Å²) in [6.45, 7) is 3.78. The Hall–Kier alpha value is -2.14. The molecule has 0 unspecified atom stereocenters. The maximum atomic E-state index is 12.8. The summed E-state index contributed by atoms with van der Waals surface area (Å²) >= 11 is 1.96. The number of hydrogen-bond acceptors (Lipinski definition) is 4. The van der Waals surface area contributed by atoms with Crippen LogP contribution in [0.2, 0.25) is 0 Å². The zero-order valence-electron chi connectivity index (χ0n) is 16.2. The van der Waals surface area contributed by atoms with Gasteiger partial charge in [-0.1, -0.05) is 30.3 Å². The first-order valence-corrected chi connectivity index (χ1v) is 10.3. The van der Waals surface area contributed by atoms with Crippen LogP contribution in [0.1, 0.15) is 28.4 Å². The number of hydrogen-bond donors (Lipinski definition) is 0. The van der Waals surface area contributed by atoms with Crippen LogP contribution >= 0.6 is 11.8 Å². The summed E-state index contributed by atoms with van der Waals surface area (Å²) < 4.78 is 10.6. The Labute approximate surface area is 165 Å². The van der Waals surface area contributed by atoms with Crippen LogP contribution in [-0.4, -0.2) is 43.9 Å². The van der Waals surface area contributed by atoms with Crippen molar-refractivity contribution in [3.63, 3.8) is 0 Å². The lowest BCUT2D eigenvalue weighted by Crippen LogP contribution is -2.34. The van der Waals surface area contributed by atoms with Gasteiger partial charge in [0.15, 0.2) is 11.5 Å². The highest BCUT2D eigenvalue weighted by Gasteiger charge is 2.23. The van der Waals surface area contributed by atoms with Crippen LogP contribution in [0.25, 0.3) is 0 Å². The lowest BCUT2D eigenvalue weighted by molar-refractivity contribution is -0.130. The Bertz CT molecular complexity index is 793. The van der Waals surface area contributed by atoms with E-state index in [0.717, 1.165) is 30.8 Å². The number of thioether (sulfide) groups is 1. The number of rotatable bonds is 5. The van der Waals surface area contributed by atoms with E-state index in [2.05, 4.69) is 31.2 Å². The highest BCUT2D eigenvalue weighted by atomic mass is 32.2. The third-order valence-electron chi connectivity index (χ3n) is 5.03. The van der Waals surface area contributed by atoms with E-state index in [0.29, 0.717) is 23.2 Å². The van der Waals surface area contributed by atoms with Crippen molar-refractivity contribution in [1.82, 2.24) is 4.90 Å². The average Bonchev–Trinajstić information content (AvgIpc) is 2.94. The van der Waals surface area contributed by atoms with Crippen LogP contribution in [0.15, 0.2) is 42.5 Å². The van der Waals surface area contributed by atoms with Crippen LogP contribution < -0.4 is 9.47 Å². The molecule has 0 aromatic heterocycles. The minimum Gasteiger partial charge on any atom is -0.493 e. The summed E-state index contributed by atoms with van der Waals surface area (Å²) in [5, 5.41) is 0.463. The molecule has 2 aromatic rings. The molecule has 3 rings (SSSR count). The molecule has 0 aliphatic carbocycles. The molecule has 1 amide bonds. The van der Waals surface area contributed by atoms with Gasteiger partial charge in [0.25, 0.3) is 0 Å². The van der Waals surface area contributed by atoms with Gasteiger partial charge in [-0.05, 0) is 42.2 Å². The summed E-state index contributed by atoms with van der Waals surface area (Å²) in [6.07, 6.45) is 1.38. The monoisotopic (exact) mass is 385 g/mol. The van der Waals surface area contributed by atoms with E-state index in [9.17, 15) is 4.79 Å². The maximum Gasteiger partial charge on any atom is 0.227 e. The Morgan fingerprint density at radius 2 is 1.89 bits per heavy atom. The molecule has 144 valence electrons. The first-order valence-electron chi connectivity index (χ1n) is 9.28. The van der Waals surface area contributed by atoms with Crippen molar-refractivity contribution in [2.75, 3.05) is 33.1 Å². The lowest BCUT2D eigenvalue weighted by Gasteiger charge is -2.21. The second kappa shape index (κ2) is 9.18. The minimum absolute atomic E-state index is 0.174. The zero-order chi connectivity index (χ0) is 19.2. The van der Waals surface area contributed by atoms with Crippen molar-refractivity contribution >= 4 is 17.7 Å².